The van der Waals surface area contributed by atoms with Crippen LogP contribution in [0.15, 0.2) is 12.4 Å². The molecule has 1 aromatic rings. The molecule has 0 unspecified atom stereocenters. The first-order chi connectivity index (χ1) is 8.22. The largest absolute Gasteiger partial charge is 0.330 e. The number of unbranched alkanes of at least 4 members (excludes halogenated alkanes) is 3. The first kappa shape index (κ1) is 13.9. The molecule has 0 radical (unpaired) electrons. The van der Waals surface area contributed by atoms with Crippen LogP contribution in [-0.2, 0) is 18.3 Å². The molecular weight excluding hydrogens is 214 g/mol. The highest BCUT2D eigenvalue weighted by molar-refractivity contribution is 5.78. The zero-order valence-corrected chi connectivity index (χ0v) is 10.7. The molecule has 0 aliphatic rings. The molecule has 4 nitrogen and oxygen atoms in total. The van der Waals surface area contributed by atoms with Crippen molar-refractivity contribution in [2.24, 2.45) is 12.8 Å². The van der Waals surface area contributed by atoms with E-state index in [9.17, 15) is 4.79 Å². The second-order valence-electron chi connectivity index (χ2n) is 4.51. The van der Waals surface area contributed by atoms with Crippen LogP contribution < -0.4 is 5.73 Å². The normalized spacial score (nSPS) is 10.7. The van der Waals surface area contributed by atoms with Gasteiger partial charge in [0.2, 0.25) is 0 Å². The lowest BCUT2D eigenvalue weighted by Gasteiger charge is -2.00. The number of hydrogen-bond donors (Lipinski definition) is 1. The van der Waals surface area contributed by atoms with Crippen LogP contribution in [0.2, 0.25) is 0 Å². The number of carbonyl (C=O) groups is 1. The minimum Gasteiger partial charge on any atom is -0.330 e. The maximum Gasteiger partial charge on any atom is 0.133 e. The molecule has 0 aromatic carbocycles. The molecule has 0 saturated carbocycles. The summed E-state index contributed by atoms with van der Waals surface area (Å²) in [7, 11) is 1.89. The highest BCUT2D eigenvalue weighted by Gasteiger charge is 2.03. The van der Waals surface area contributed by atoms with Crippen molar-refractivity contribution in [3.63, 3.8) is 0 Å². The lowest BCUT2D eigenvalue weighted by molar-refractivity contribution is -0.119. The van der Waals surface area contributed by atoms with Crippen LogP contribution in [0, 0.1) is 0 Å². The van der Waals surface area contributed by atoms with E-state index in [0.29, 0.717) is 18.6 Å². The number of ketones is 1. The van der Waals surface area contributed by atoms with E-state index >= 15 is 0 Å². The van der Waals surface area contributed by atoms with Gasteiger partial charge < -0.3 is 5.73 Å². The Morgan fingerprint density at radius 1 is 1.29 bits per heavy atom. The van der Waals surface area contributed by atoms with Crippen molar-refractivity contribution in [3.8, 4) is 0 Å². The third-order valence-electron chi connectivity index (χ3n) is 2.86. The summed E-state index contributed by atoms with van der Waals surface area (Å²) in [4.78, 5) is 11.6. The van der Waals surface area contributed by atoms with Gasteiger partial charge in [-0.25, -0.2) is 0 Å². The summed E-state index contributed by atoms with van der Waals surface area (Å²) in [5.41, 5.74) is 6.55. The molecule has 0 aliphatic heterocycles. The van der Waals surface area contributed by atoms with Gasteiger partial charge in [-0.3, -0.25) is 9.48 Å². The Kier molecular flexibility index (Phi) is 6.55. The highest BCUT2D eigenvalue weighted by atomic mass is 16.1. The quantitative estimate of drug-likeness (QED) is 0.666. The Morgan fingerprint density at radius 3 is 2.71 bits per heavy atom. The molecule has 0 fully saturated rings. The second-order valence-corrected chi connectivity index (χ2v) is 4.51. The Bertz CT molecular complexity index is 333. The van der Waals surface area contributed by atoms with Gasteiger partial charge in [0.25, 0.3) is 0 Å². The van der Waals surface area contributed by atoms with Crippen molar-refractivity contribution in [1.82, 2.24) is 9.78 Å². The number of hydrogen-bond acceptors (Lipinski definition) is 3. The molecule has 2 N–H and O–H groups in total. The fourth-order valence-corrected chi connectivity index (χ4v) is 1.83. The minimum atomic E-state index is 0.363. The van der Waals surface area contributed by atoms with Crippen molar-refractivity contribution in [2.75, 3.05) is 6.54 Å². The molecular formula is C13H23N3O. The second kappa shape index (κ2) is 8.01. The minimum absolute atomic E-state index is 0.363. The third kappa shape index (κ3) is 6.22. The van der Waals surface area contributed by atoms with Gasteiger partial charge >= 0.3 is 0 Å². The molecule has 1 heterocycles. The smallest absolute Gasteiger partial charge is 0.133 e. The van der Waals surface area contributed by atoms with Gasteiger partial charge in [-0.05, 0) is 31.4 Å². The number of aromatic nitrogens is 2. The summed E-state index contributed by atoms with van der Waals surface area (Å²) < 4.78 is 1.77. The monoisotopic (exact) mass is 237 g/mol. The SMILES string of the molecule is Cn1cc(CCC(=O)CCCCCCN)cn1. The van der Waals surface area contributed by atoms with E-state index in [0.717, 1.165) is 44.2 Å². The van der Waals surface area contributed by atoms with Gasteiger partial charge in [0.05, 0.1) is 6.20 Å². The summed E-state index contributed by atoms with van der Waals surface area (Å²) >= 11 is 0. The van der Waals surface area contributed by atoms with E-state index in [1.807, 2.05) is 19.4 Å². The van der Waals surface area contributed by atoms with Crippen LogP contribution in [-0.4, -0.2) is 22.1 Å². The summed E-state index contributed by atoms with van der Waals surface area (Å²) in [5, 5.41) is 4.08. The van der Waals surface area contributed by atoms with Crippen LogP contribution in [0.1, 0.15) is 44.1 Å². The number of aryl methyl sites for hydroxylation is 2. The zero-order chi connectivity index (χ0) is 12.5. The van der Waals surface area contributed by atoms with Gasteiger partial charge in [-0.2, -0.15) is 5.10 Å². The Morgan fingerprint density at radius 2 is 2.06 bits per heavy atom. The summed E-state index contributed by atoms with van der Waals surface area (Å²) in [6.07, 6.45) is 10.3. The predicted octanol–water partition coefficient (Wildman–Crippen LogP) is 1.83. The Hall–Kier alpha value is -1.16. The Balaban J connectivity index is 2.05. The topological polar surface area (TPSA) is 60.9 Å². The van der Waals surface area contributed by atoms with Crippen LogP contribution >= 0.6 is 0 Å². The first-order valence-electron chi connectivity index (χ1n) is 6.41. The third-order valence-corrected chi connectivity index (χ3v) is 2.86. The van der Waals surface area contributed by atoms with Crippen LogP contribution in [0.3, 0.4) is 0 Å². The number of Topliss-reactive ketones (excluding diaryl/α,β-unsaturated/α-hetero) is 1. The standard InChI is InChI=1S/C13H23N3O/c1-16-11-12(10-15-16)7-8-13(17)6-4-2-3-5-9-14/h10-11H,2-9,14H2,1H3. The number of rotatable bonds is 9. The maximum atomic E-state index is 11.6. The van der Waals surface area contributed by atoms with Crippen molar-refractivity contribution in [2.45, 2.75) is 44.9 Å². The summed E-state index contributed by atoms with van der Waals surface area (Å²) in [5.74, 6) is 0.363. The highest BCUT2D eigenvalue weighted by Crippen LogP contribution is 2.07. The van der Waals surface area contributed by atoms with Gasteiger partial charge in [0.1, 0.15) is 5.78 Å². The van der Waals surface area contributed by atoms with E-state index in [4.69, 9.17) is 5.73 Å². The molecule has 1 rings (SSSR count). The van der Waals surface area contributed by atoms with Gasteiger partial charge in [-0.15, -0.1) is 0 Å². The lowest BCUT2D eigenvalue weighted by Crippen LogP contribution is -2.01. The predicted molar refractivity (Wildman–Crippen MR) is 68.7 cm³/mol. The van der Waals surface area contributed by atoms with E-state index < -0.39 is 0 Å². The number of carbonyl (C=O) groups excluding carboxylic acids is 1. The van der Waals surface area contributed by atoms with E-state index in [1.54, 1.807) is 4.68 Å². The number of nitrogens with zero attached hydrogens (tertiary/aromatic N) is 2. The Labute approximate surface area is 103 Å². The van der Waals surface area contributed by atoms with E-state index in [-0.39, 0.29) is 0 Å². The molecule has 0 aliphatic carbocycles. The average Bonchev–Trinajstić information content (AvgIpc) is 2.72. The molecule has 1 aromatic heterocycles. The molecule has 0 bridgehead atoms. The van der Waals surface area contributed by atoms with Gasteiger partial charge in [-0.1, -0.05) is 12.8 Å². The van der Waals surface area contributed by atoms with Crippen LogP contribution in [0.25, 0.3) is 0 Å². The maximum absolute atomic E-state index is 11.6. The molecule has 96 valence electrons. The fraction of sp³-hybridized carbons (Fsp3) is 0.692. The molecule has 0 amide bonds. The summed E-state index contributed by atoms with van der Waals surface area (Å²) in [6.45, 7) is 0.759. The van der Waals surface area contributed by atoms with E-state index in [2.05, 4.69) is 5.10 Å². The van der Waals surface area contributed by atoms with Crippen molar-refractivity contribution in [1.29, 1.82) is 0 Å². The molecule has 4 heteroatoms. The van der Waals surface area contributed by atoms with Gasteiger partial charge in [0.15, 0.2) is 0 Å². The van der Waals surface area contributed by atoms with Crippen molar-refractivity contribution >= 4 is 5.78 Å². The average molecular weight is 237 g/mol. The lowest BCUT2D eigenvalue weighted by atomic mass is 10.1. The first-order valence-corrected chi connectivity index (χ1v) is 6.41. The van der Waals surface area contributed by atoms with E-state index in [1.165, 1.54) is 0 Å². The number of nitrogens with two attached hydrogens (primary N) is 1. The van der Waals surface area contributed by atoms with Crippen molar-refractivity contribution in [3.05, 3.63) is 18.0 Å². The van der Waals surface area contributed by atoms with Crippen LogP contribution in [0.5, 0.6) is 0 Å². The van der Waals surface area contributed by atoms with Crippen molar-refractivity contribution < 1.29 is 4.79 Å². The van der Waals surface area contributed by atoms with Crippen LogP contribution in [0.4, 0.5) is 0 Å². The molecule has 17 heavy (non-hydrogen) atoms. The summed E-state index contributed by atoms with van der Waals surface area (Å²) in [6, 6.07) is 0. The van der Waals surface area contributed by atoms with Gasteiger partial charge in [0, 0.05) is 26.1 Å². The fourth-order valence-electron chi connectivity index (χ4n) is 1.83. The molecule has 0 saturated heterocycles. The molecule has 0 atom stereocenters. The molecule has 0 spiro atoms. The zero-order valence-electron chi connectivity index (χ0n) is 10.7.